The zero-order chi connectivity index (χ0) is 27.9. The van der Waals surface area contributed by atoms with Crippen molar-refractivity contribution in [3.8, 4) is 11.1 Å². The fourth-order valence-electron chi connectivity index (χ4n) is 4.33. The van der Waals surface area contributed by atoms with E-state index < -0.39 is 5.41 Å². The predicted molar refractivity (Wildman–Crippen MR) is 150 cm³/mol. The number of benzene rings is 2. The minimum Gasteiger partial charge on any atom is -0.350 e. The highest BCUT2D eigenvalue weighted by atomic mass is 35.5. The summed E-state index contributed by atoms with van der Waals surface area (Å²) in [6.07, 6.45) is 3.56. The van der Waals surface area contributed by atoms with Crippen LogP contribution in [0.3, 0.4) is 0 Å². The fourth-order valence-corrected chi connectivity index (χ4v) is 4.45. The Morgan fingerprint density at radius 3 is 2.62 bits per heavy atom. The van der Waals surface area contributed by atoms with E-state index in [1.165, 1.54) is 12.1 Å². The minimum absolute atomic E-state index is 0.169. The summed E-state index contributed by atoms with van der Waals surface area (Å²) < 4.78 is 17.2. The normalized spacial score (nSPS) is 12.6. The van der Waals surface area contributed by atoms with Crippen LogP contribution in [0.25, 0.3) is 27.7 Å². The third-order valence-corrected chi connectivity index (χ3v) is 7.44. The monoisotopic (exact) mass is 546 g/mol. The molecule has 5 rings (SSSR count). The van der Waals surface area contributed by atoms with Crippen LogP contribution in [0, 0.1) is 11.2 Å². The lowest BCUT2D eigenvalue weighted by Gasteiger charge is -2.18. The first kappa shape index (κ1) is 26.4. The summed E-state index contributed by atoms with van der Waals surface area (Å²) in [5.41, 5.74) is 3.67. The summed E-state index contributed by atoms with van der Waals surface area (Å²) in [5.74, 6) is -0.493. The Labute approximate surface area is 229 Å². The van der Waals surface area contributed by atoms with Crippen molar-refractivity contribution >= 4 is 45.9 Å². The first-order valence-electron chi connectivity index (χ1n) is 12.5. The van der Waals surface area contributed by atoms with Gasteiger partial charge < -0.3 is 9.88 Å². The van der Waals surface area contributed by atoms with Crippen LogP contribution in [0.1, 0.15) is 42.7 Å². The van der Waals surface area contributed by atoms with Crippen molar-refractivity contribution in [1.29, 1.82) is 0 Å². The van der Waals surface area contributed by atoms with E-state index in [2.05, 4.69) is 20.7 Å². The first-order valence-corrected chi connectivity index (χ1v) is 13.0. The van der Waals surface area contributed by atoms with Crippen molar-refractivity contribution in [3.05, 3.63) is 83.9 Å². The summed E-state index contributed by atoms with van der Waals surface area (Å²) in [4.78, 5) is 30.2. The maximum Gasteiger partial charge on any atom is 0.253 e. The molecule has 0 aliphatic carbocycles. The maximum absolute atomic E-state index is 13.7. The maximum atomic E-state index is 13.7. The molecule has 10 heteroatoms. The molecule has 3 heterocycles. The smallest absolute Gasteiger partial charge is 0.253 e. The third kappa shape index (κ3) is 5.22. The lowest BCUT2D eigenvalue weighted by Crippen LogP contribution is -2.32. The van der Waals surface area contributed by atoms with E-state index in [1.807, 2.05) is 48.9 Å². The number of pyridine rings is 1. The zero-order valence-corrected chi connectivity index (χ0v) is 22.8. The lowest BCUT2D eigenvalue weighted by atomic mass is 9.95. The van der Waals surface area contributed by atoms with Crippen molar-refractivity contribution in [2.75, 3.05) is 11.2 Å². The van der Waals surface area contributed by atoms with Crippen LogP contribution in [0.5, 0.6) is 0 Å². The standard InChI is InChI=1S/C29H28ClFN6O2/c1-17(18-6-5-7-21(31)12-18)32-26(38)23-15-36(4)24-9-8-19(13-22(23)24)20-10-11-37-25(14-20)33-28(35-37)34-27(39)29(2,3)16-30/h5-15,17H,16H2,1-4H3,(H,32,38)(H,34,35,39)/t17-/m0/s1. The van der Waals surface area contributed by atoms with Crippen LogP contribution in [0.15, 0.2) is 67.0 Å². The highest BCUT2D eigenvalue weighted by molar-refractivity contribution is 6.20. The molecule has 2 amide bonds. The molecule has 39 heavy (non-hydrogen) atoms. The average molecular weight is 547 g/mol. The fraction of sp³-hybridized carbons (Fsp3) is 0.241. The van der Waals surface area contributed by atoms with E-state index in [4.69, 9.17) is 11.6 Å². The topological polar surface area (TPSA) is 93.3 Å². The minimum atomic E-state index is -0.756. The summed E-state index contributed by atoms with van der Waals surface area (Å²) >= 11 is 5.91. The van der Waals surface area contributed by atoms with Crippen LogP contribution in [0.4, 0.5) is 10.3 Å². The molecule has 0 spiro atoms. The molecule has 0 saturated heterocycles. The number of nitrogens with zero attached hydrogens (tertiary/aromatic N) is 4. The van der Waals surface area contributed by atoms with Crippen molar-refractivity contribution in [3.63, 3.8) is 0 Å². The number of halogens is 2. The second-order valence-corrected chi connectivity index (χ2v) is 10.5. The van der Waals surface area contributed by atoms with Crippen LogP contribution in [-0.2, 0) is 11.8 Å². The molecule has 5 aromatic rings. The molecule has 2 aromatic carbocycles. The van der Waals surface area contributed by atoms with Gasteiger partial charge in [0, 0.05) is 36.2 Å². The van der Waals surface area contributed by atoms with E-state index in [0.717, 1.165) is 22.0 Å². The van der Waals surface area contributed by atoms with Gasteiger partial charge in [-0.25, -0.2) is 8.91 Å². The quantitative estimate of drug-likeness (QED) is 0.255. The zero-order valence-electron chi connectivity index (χ0n) is 22.0. The number of rotatable bonds is 7. The van der Waals surface area contributed by atoms with E-state index in [0.29, 0.717) is 16.8 Å². The number of amides is 2. The van der Waals surface area contributed by atoms with Gasteiger partial charge in [-0.1, -0.05) is 18.2 Å². The number of aromatic nitrogens is 4. The number of carbonyl (C=O) groups excluding carboxylic acids is 2. The van der Waals surface area contributed by atoms with Gasteiger partial charge >= 0.3 is 0 Å². The molecule has 0 aliphatic rings. The van der Waals surface area contributed by atoms with Gasteiger partial charge in [-0.2, -0.15) is 4.98 Å². The Kier molecular flexibility index (Phi) is 6.86. The van der Waals surface area contributed by atoms with Gasteiger partial charge in [-0.3, -0.25) is 14.9 Å². The van der Waals surface area contributed by atoms with Crippen LogP contribution >= 0.6 is 11.6 Å². The van der Waals surface area contributed by atoms with Crippen LogP contribution in [-0.4, -0.2) is 36.9 Å². The number of fused-ring (bicyclic) bond motifs is 2. The molecule has 0 bridgehead atoms. The van der Waals surface area contributed by atoms with Crippen molar-refractivity contribution < 1.29 is 14.0 Å². The molecular formula is C29H28ClFN6O2. The Morgan fingerprint density at radius 2 is 1.87 bits per heavy atom. The number of hydrogen-bond donors (Lipinski definition) is 2. The van der Waals surface area contributed by atoms with E-state index in [-0.39, 0.29) is 35.5 Å². The molecule has 8 nitrogen and oxygen atoms in total. The summed E-state index contributed by atoms with van der Waals surface area (Å²) in [6, 6.07) is 15.5. The molecule has 1 atom stereocenters. The Morgan fingerprint density at radius 1 is 1.10 bits per heavy atom. The Bertz CT molecular complexity index is 1720. The molecule has 200 valence electrons. The third-order valence-electron chi connectivity index (χ3n) is 6.78. The van der Waals surface area contributed by atoms with Gasteiger partial charge in [0.2, 0.25) is 11.9 Å². The molecule has 2 N–H and O–H groups in total. The van der Waals surface area contributed by atoms with Gasteiger partial charge in [-0.15, -0.1) is 16.7 Å². The SMILES string of the molecule is C[C@H](NC(=O)c1cn(C)c2ccc(-c3ccn4nc(NC(=O)C(C)(C)CCl)nc4c3)cc12)c1cccc(F)c1. The molecule has 0 saturated carbocycles. The van der Waals surface area contributed by atoms with Crippen molar-refractivity contribution in [2.45, 2.75) is 26.8 Å². The second-order valence-electron chi connectivity index (χ2n) is 10.3. The summed E-state index contributed by atoms with van der Waals surface area (Å²) in [6.45, 7) is 5.32. The molecule has 3 aromatic heterocycles. The number of nitrogens with one attached hydrogen (secondary N) is 2. The number of anilines is 1. The Balaban J connectivity index is 1.44. The first-order chi connectivity index (χ1) is 18.6. The van der Waals surface area contributed by atoms with E-state index >= 15 is 0 Å². The van der Waals surface area contributed by atoms with Gasteiger partial charge in [-0.05, 0) is 73.9 Å². The number of aryl methyl sites for hydroxylation is 1. The Hall–Kier alpha value is -4.24. The molecule has 0 fully saturated rings. The van der Waals surface area contributed by atoms with E-state index in [9.17, 15) is 14.0 Å². The molecule has 0 radical (unpaired) electrons. The van der Waals surface area contributed by atoms with E-state index in [1.54, 1.807) is 42.9 Å². The molecule has 0 aliphatic heterocycles. The van der Waals surface area contributed by atoms with Crippen LogP contribution in [0.2, 0.25) is 0 Å². The van der Waals surface area contributed by atoms with Crippen LogP contribution < -0.4 is 10.6 Å². The summed E-state index contributed by atoms with van der Waals surface area (Å²) in [7, 11) is 1.89. The lowest BCUT2D eigenvalue weighted by molar-refractivity contribution is -0.123. The highest BCUT2D eigenvalue weighted by Crippen LogP contribution is 2.29. The summed E-state index contributed by atoms with van der Waals surface area (Å²) in [5, 5.41) is 10.8. The van der Waals surface area contributed by atoms with Gasteiger partial charge in [0.25, 0.3) is 5.91 Å². The van der Waals surface area contributed by atoms with Gasteiger partial charge in [0.15, 0.2) is 5.65 Å². The molecule has 0 unspecified atom stereocenters. The average Bonchev–Trinajstić information content (AvgIpc) is 3.47. The largest absolute Gasteiger partial charge is 0.350 e. The number of carbonyl (C=O) groups is 2. The van der Waals surface area contributed by atoms with Gasteiger partial charge in [0.05, 0.1) is 17.0 Å². The van der Waals surface area contributed by atoms with Crippen molar-refractivity contribution in [1.82, 2.24) is 24.5 Å². The number of hydrogen-bond acceptors (Lipinski definition) is 4. The van der Waals surface area contributed by atoms with Gasteiger partial charge in [0.1, 0.15) is 5.82 Å². The van der Waals surface area contributed by atoms with Crippen molar-refractivity contribution in [2.24, 2.45) is 12.5 Å². The highest BCUT2D eigenvalue weighted by Gasteiger charge is 2.27. The predicted octanol–water partition coefficient (Wildman–Crippen LogP) is 5.72. The second kappa shape index (κ2) is 10.1. The number of alkyl halides is 1. The molecular weight excluding hydrogens is 519 g/mol.